The fourth-order valence-electron chi connectivity index (χ4n) is 12.0. The van der Waals surface area contributed by atoms with Gasteiger partial charge in [-0.05, 0) is 155 Å². The summed E-state index contributed by atoms with van der Waals surface area (Å²) in [5, 5.41) is 14.7. The van der Waals surface area contributed by atoms with Gasteiger partial charge in [-0.1, -0.05) is 200 Å². The normalized spacial score (nSPS) is 12.0. The number of rotatable bonds is 5. The maximum Gasteiger partial charge on any atom is 0.0540 e. The Balaban J connectivity index is 1.05. The average molecular weight is 971 g/mol. The van der Waals surface area contributed by atoms with E-state index in [0.717, 1.165) is 34.1 Å². The summed E-state index contributed by atoms with van der Waals surface area (Å²) in [6.07, 6.45) is 0. The van der Waals surface area contributed by atoms with Crippen molar-refractivity contribution in [2.45, 2.75) is 0 Å². The van der Waals surface area contributed by atoms with Crippen molar-refractivity contribution in [2.75, 3.05) is 9.80 Å². The summed E-state index contributed by atoms with van der Waals surface area (Å²) < 4.78 is 2.59. The van der Waals surface area contributed by atoms with Gasteiger partial charge in [-0.2, -0.15) is 0 Å². The molecule has 0 unspecified atom stereocenters. The van der Waals surface area contributed by atoms with Crippen molar-refractivity contribution in [2.24, 2.45) is 0 Å². The van der Waals surface area contributed by atoms with Crippen molar-refractivity contribution in [3.8, 4) is 33.4 Å². The zero-order valence-corrected chi connectivity index (χ0v) is 41.7. The van der Waals surface area contributed by atoms with Crippen LogP contribution in [0.15, 0.2) is 279 Å². The predicted molar refractivity (Wildman–Crippen MR) is 324 cm³/mol. The number of para-hydroxylation sites is 3. The van der Waals surface area contributed by atoms with Gasteiger partial charge in [0.25, 0.3) is 0 Å². The Hall–Kier alpha value is -9.54. The molecular weight excluding hydrogens is 925 g/mol. The number of fused-ring (bicyclic) bond motifs is 18. The lowest BCUT2D eigenvalue weighted by Crippen LogP contribution is -2.10. The molecule has 0 bridgehead atoms. The standard InChI is InChI=1S/C72H46N2S/c1-3-19-47(20-4-1)48-35-37-50(38-36-48)73(52-39-41-59-61-29-13-16-32-69(61)74(49-21-5-2-6-22-49)70-33-17-14-30-62(70)65(59)44-52)51-40-42-60-64(43-51)57-27-11-9-25-55(57)53-23-7-8-24-54(53)56-26-10-12-28-58(56)67-46-72-68(45-66(60)67)63-31-15-18-34-71(63)75-72/h1-46H. The Morgan fingerprint density at radius 1 is 0.240 bits per heavy atom. The van der Waals surface area contributed by atoms with Crippen LogP contribution in [-0.4, -0.2) is 0 Å². The smallest absolute Gasteiger partial charge is 0.0540 e. The van der Waals surface area contributed by atoms with Crippen molar-refractivity contribution < 1.29 is 0 Å². The van der Waals surface area contributed by atoms with Crippen LogP contribution in [0.2, 0.25) is 0 Å². The quantitative estimate of drug-likeness (QED) is 0.170. The highest BCUT2D eigenvalue weighted by Crippen LogP contribution is 2.53. The van der Waals surface area contributed by atoms with Gasteiger partial charge in [0.2, 0.25) is 0 Å². The molecule has 2 nitrogen and oxygen atoms in total. The molecule has 0 saturated carbocycles. The van der Waals surface area contributed by atoms with E-state index in [2.05, 4.69) is 289 Å². The summed E-state index contributed by atoms with van der Waals surface area (Å²) >= 11 is 1.88. The second-order valence-electron chi connectivity index (χ2n) is 19.5. The van der Waals surface area contributed by atoms with Crippen LogP contribution in [-0.2, 0) is 0 Å². The van der Waals surface area contributed by atoms with Crippen LogP contribution < -0.4 is 9.80 Å². The average Bonchev–Trinajstić information content (AvgIpc) is 3.83. The first-order valence-corrected chi connectivity index (χ1v) is 26.6. The number of thiophene rings is 1. The minimum absolute atomic E-state index is 1.07. The Morgan fingerprint density at radius 2 is 0.680 bits per heavy atom. The summed E-state index contributed by atoms with van der Waals surface area (Å²) in [7, 11) is 0. The molecule has 15 rings (SSSR count). The third kappa shape index (κ3) is 7.08. The van der Waals surface area contributed by atoms with E-state index in [1.165, 1.54) is 107 Å². The molecule has 0 saturated heterocycles. The third-order valence-corrected chi connectivity index (χ3v) is 16.5. The molecule has 0 amide bonds. The monoisotopic (exact) mass is 970 g/mol. The van der Waals surface area contributed by atoms with Gasteiger partial charge in [-0.25, -0.2) is 0 Å². The molecule has 13 aromatic carbocycles. The molecule has 14 aromatic rings. The molecule has 2 heterocycles. The van der Waals surface area contributed by atoms with Crippen LogP contribution >= 0.6 is 11.3 Å². The molecule has 1 aliphatic rings. The van der Waals surface area contributed by atoms with Crippen LogP contribution in [0.3, 0.4) is 0 Å². The summed E-state index contributed by atoms with van der Waals surface area (Å²) in [6, 6.07) is 103. The highest BCUT2D eigenvalue weighted by atomic mass is 32.1. The zero-order chi connectivity index (χ0) is 49.4. The maximum absolute atomic E-state index is 2.48. The molecule has 3 heteroatoms. The fraction of sp³-hybridized carbons (Fsp3) is 0. The van der Waals surface area contributed by atoms with Gasteiger partial charge in [-0.3, -0.25) is 0 Å². The van der Waals surface area contributed by atoms with Crippen LogP contribution in [0.4, 0.5) is 34.1 Å². The maximum atomic E-state index is 2.48. The molecule has 0 radical (unpaired) electrons. The van der Waals surface area contributed by atoms with Gasteiger partial charge in [-0.15, -0.1) is 11.3 Å². The van der Waals surface area contributed by atoms with E-state index in [-0.39, 0.29) is 0 Å². The summed E-state index contributed by atoms with van der Waals surface area (Å²) in [5.74, 6) is 0. The van der Waals surface area contributed by atoms with Crippen molar-refractivity contribution in [1.29, 1.82) is 0 Å². The van der Waals surface area contributed by atoms with E-state index in [4.69, 9.17) is 0 Å². The van der Waals surface area contributed by atoms with Crippen LogP contribution in [0.5, 0.6) is 0 Å². The second-order valence-corrected chi connectivity index (χ2v) is 20.6. The predicted octanol–water partition coefficient (Wildman–Crippen LogP) is 21.2. The first-order valence-electron chi connectivity index (χ1n) is 25.7. The van der Waals surface area contributed by atoms with E-state index < -0.39 is 0 Å². The summed E-state index contributed by atoms with van der Waals surface area (Å²) in [5.41, 5.74) is 13.7. The topological polar surface area (TPSA) is 6.48 Å². The van der Waals surface area contributed by atoms with Crippen molar-refractivity contribution in [1.82, 2.24) is 0 Å². The van der Waals surface area contributed by atoms with Crippen molar-refractivity contribution in [3.05, 3.63) is 279 Å². The van der Waals surface area contributed by atoms with E-state index >= 15 is 0 Å². The summed E-state index contributed by atoms with van der Waals surface area (Å²) in [6.45, 7) is 0. The molecule has 0 N–H and O–H groups in total. The van der Waals surface area contributed by atoms with Gasteiger partial charge in [0, 0.05) is 54.0 Å². The second kappa shape index (κ2) is 17.6. The lowest BCUT2D eigenvalue weighted by atomic mass is 9.93. The van der Waals surface area contributed by atoms with Crippen LogP contribution in [0.1, 0.15) is 0 Å². The van der Waals surface area contributed by atoms with E-state index in [0.29, 0.717) is 0 Å². The van der Waals surface area contributed by atoms with Gasteiger partial charge in [0.15, 0.2) is 0 Å². The number of hydrogen-bond donors (Lipinski definition) is 0. The summed E-state index contributed by atoms with van der Waals surface area (Å²) in [4.78, 5) is 4.88. The molecule has 0 fully saturated rings. The molecule has 1 aliphatic heterocycles. The van der Waals surface area contributed by atoms with E-state index in [1.54, 1.807) is 0 Å². The Kier molecular flexibility index (Phi) is 10.1. The Bertz CT molecular complexity index is 4650. The fourth-order valence-corrected chi connectivity index (χ4v) is 13.1. The molecule has 0 atom stereocenters. The SMILES string of the molecule is c1ccc(-c2ccc(N(c3ccc4c(c3)-c3ccccc3N(c3ccccc3)c3ccccc3-4)c3ccc4c(c3)c3ccccc3c3ccccc3c3ccccc3c3cc5sc6ccccc6c5cc43)cc2)cc1. The number of hydrogen-bond acceptors (Lipinski definition) is 3. The first-order chi connectivity index (χ1) is 37.2. The minimum Gasteiger partial charge on any atom is -0.310 e. The third-order valence-electron chi connectivity index (χ3n) is 15.4. The molecule has 0 aliphatic carbocycles. The van der Waals surface area contributed by atoms with Crippen molar-refractivity contribution in [3.63, 3.8) is 0 Å². The lowest BCUT2D eigenvalue weighted by molar-refractivity contribution is 1.29. The minimum atomic E-state index is 1.07. The highest BCUT2D eigenvalue weighted by molar-refractivity contribution is 7.25. The lowest BCUT2D eigenvalue weighted by Gasteiger charge is -2.27. The van der Waals surface area contributed by atoms with Gasteiger partial charge in [0.05, 0.1) is 11.4 Å². The van der Waals surface area contributed by atoms with Crippen LogP contribution in [0.25, 0.3) is 107 Å². The number of benzene rings is 12. The molecule has 0 spiro atoms. The van der Waals surface area contributed by atoms with E-state index in [1.807, 2.05) is 11.3 Å². The highest BCUT2D eigenvalue weighted by Gasteiger charge is 2.27. The molecular formula is C72H46N2S. The zero-order valence-electron chi connectivity index (χ0n) is 40.9. The number of nitrogens with zero attached hydrogens (tertiary/aromatic N) is 2. The van der Waals surface area contributed by atoms with E-state index in [9.17, 15) is 0 Å². The molecule has 350 valence electrons. The molecule has 1 aromatic heterocycles. The Morgan fingerprint density at radius 3 is 1.32 bits per heavy atom. The van der Waals surface area contributed by atoms with Gasteiger partial charge < -0.3 is 9.80 Å². The van der Waals surface area contributed by atoms with Crippen LogP contribution in [0, 0.1) is 0 Å². The Labute approximate surface area is 439 Å². The first kappa shape index (κ1) is 43.1. The molecule has 75 heavy (non-hydrogen) atoms. The number of anilines is 6. The van der Waals surface area contributed by atoms with Gasteiger partial charge >= 0.3 is 0 Å². The van der Waals surface area contributed by atoms with Crippen molar-refractivity contribution >= 4 is 119 Å². The van der Waals surface area contributed by atoms with Gasteiger partial charge in [0.1, 0.15) is 0 Å². The largest absolute Gasteiger partial charge is 0.310 e.